The van der Waals surface area contributed by atoms with Gasteiger partial charge in [-0.1, -0.05) is 0 Å². The highest BCUT2D eigenvalue weighted by atomic mass is 16.2. The number of hydrogen-bond acceptors (Lipinski definition) is 5. The molecule has 0 radical (unpaired) electrons. The topological polar surface area (TPSA) is 91.9 Å². The van der Waals surface area contributed by atoms with Crippen molar-refractivity contribution in [3.05, 3.63) is 0 Å². The SMILES string of the molecule is CC1CN=C2NC(N)NC(=O)C2=N1. The van der Waals surface area contributed by atoms with Crippen molar-refractivity contribution in [2.45, 2.75) is 19.3 Å². The lowest BCUT2D eigenvalue weighted by Gasteiger charge is -2.27. The molecule has 2 aliphatic rings. The van der Waals surface area contributed by atoms with Gasteiger partial charge in [0.1, 0.15) is 0 Å². The monoisotopic (exact) mass is 181 g/mol. The molecule has 1 saturated heterocycles. The molecule has 0 aromatic heterocycles. The first kappa shape index (κ1) is 8.18. The molecule has 2 rings (SSSR count). The molecular formula is C7H11N5O. The van der Waals surface area contributed by atoms with Gasteiger partial charge in [-0.25, -0.2) is 0 Å². The van der Waals surface area contributed by atoms with E-state index in [9.17, 15) is 4.79 Å². The Balaban J connectivity index is 2.30. The Morgan fingerprint density at radius 3 is 3.08 bits per heavy atom. The van der Waals surface area contributed by atoms with Crippen LogP contribution >= 0.6 is 0 Å². The Morgan fingerprint density at radius 2 is 2.31 bits per heavy atom. The molecule has 6 heteroatoms. The second-order valence-electron chi connectivity index (χ2n) is 3.11. The van der Waals surface area contributed by atoms with Crippen molar-refractivity contribution in [2.24, 2.45) is 15.7 Å². The van der Waals surface area contributed by atoms with E-state index in [2.05, 4.69) is 20.6 Å². The number of nitrogens with one attached hydrogen (secondary N) is 2. The molecule has 2 unspecified atom stereocenters. The zero-order chi connectivity index (χ0) is 9.42. The maximum absolute atomic E-state index is 11.3. The second-order valence-corrected chi connectivity index (χ2v) is 3.11. The quantitative estimate of drug-likeness (QED) is 0.411. The standard InChI is InChI=1S/C7H11N5O/c1-3-2-9-5-4(10-3)6(13)12-7(8)11-5/h3,7H,2,8H2,1H3,(H,9,11)(H,12,13). The summed E-state index contributed by atoms with van der Waals surface area (Å²) < 4.78 is 0. The molecule has 13 heavy (non-hydrogen) atoms. The molecule has 0 aromatic carbocycles. The summed E-state index contributed by atoms with van der Waals surface area (Å²) in [4.78, 5) is 19.7. The minimum absolute atomic E-state index is 0.0700. The number of aliphatic imine (C=N–C) groups is 2. The zero-order valence-electron chi connectivity index (χ0n) is 7.24. The zero-order valence-corrected chi connectivity index (χ0v) is 7.24. The summed E-state index contributed by atoms with van der Waals surface area (Å²) in [5.74, 6) is 0.255. The van der Waals surface area contributed by atoms with Gasteiger partial charge < -0.3 is 10.6 Å². The molecule has 0 aromatic rings. The van der Waals surface area contributed by atoms with E-state index in [-0.39, 0.29) is 11.9 Å². The number of hydrogen-bond donors (Lipinski definition) is 3. The molecular weight excluding hydrogens is 170 g/mol. The molecule has 2 aliphatic heterocycles. The van der Waals surface area contributed by atoms with E-state index in [4.69, 9.17) is 5.73 Å². The van der Waals surface area contributed by atoms with Gasteiger partial charge >= 0.3 is 0 Å². The van der Waals surface area contributed by atoms with Gasteiger partial charge in [-0.3, -0.25) is 20.5 Å². The van der Waals surface area contributed by atoms with Crippen LogP contribution in [0.25, 0.3) is 0 Å². The van der Waals surface area contributed by atoms with Gasteiger partial charge in [-0.2, -0.15) is 0 Å². The number of rotatable bonds is 0. The third kappa shape index (κ3) is 1.40. The molecule has 2 heterocycles. The van der Waals surface area contributed by atoms with E-state index in [0.717, 1.165) is 0 Å². The molecule has 2 atom stereocenters. The highest BCUT2D eigenvalue weighted by molar-refractivity contribution is 6.67. The van der Waals surface area contributed by atoms with Crippen LogP contribution in [0.4, 0.5) is 0 Å². The first-order valence-electron chi connectivity index (χ1n) is 4.12. The van der Waals surface area contributed by atoms with Crippen LogP contribution in [-0.2, 0) is 4.79 Å². The van der Waals surface area contributed by atoms with Crippen LogP contribution in [0.5, 0.6) is 0 Å². The van der Waals surface area contributed by atoms with E-state index in [1.54, 1.807) is 0 Å². The number of fused-ring (bicyclic) bond motifs is 1. The van der Waals surface area contributed by atoms with Crippen molar-refractivity contribution in [1.29, 1.82) is 0 Å². The predicted octanol–water partition coefficient (Wildman–Crippen LogP) is -1.81. The van der Waals surface area contributed by atoms with Crippen LogP contribution in [-0.4, -0.2) is 36.3 Å². The maximum Gasteiger partial charge on any atom is 0.275 e. The molecule has 0 spiro atoms. The highest BCUT2D eigenvalue weighted by Crippen LogP contribution is 2.03. The first-order chi connectivity index (χ1) is 6.16. The molecule has 1 amide bonds. The van der Waals surface area contributed by atoms with Crippen molar-refractivity contribution >= 4 is 17.5 Å². The fraction of sp³-hybridized carbons (Fsp3) is 0.571. The molecule has 0 saturated carbocycles. The third-order valence-electron chi connectivity index (χ3n) is 1.88. The Labute approximate surface area is 75.3 Å². The van der Waals surface area contributed by atoms with Gasteiger partial charge in [0.05, 0.1) is 12.6 Å². The lowest BCUT2D eigenvalue weighted by Crippen LogP contribution is -2.64. The summed E-state index contributed by atoms with van der Waals surface area (Å²) in [5.41, 5.74) is 5.85. The lowest BCUT2D eigenvalue weighted by molar-refractivity contribution is -0.115. The fourth-order valence-corrected chi connectivity index (χ4v) is 1.29. The lowest BCUT2D eigenvalue weighted by atomic mass is 10.2. The summed E-state index contributed by atoms with van der Waals surface area (Å²) in [7, 11) is 0. The number of carbonyl (C=O) groups excluding carboxylic acids is 1. The van der Waals surface area contributed by atoms with Crippen molar-refractivity contribution in [3.63, 3.8) is 0 Å². The largest absolute Gasteiger partial charge is 0.336 e. The van der Waals surface area contributed by atoms with Gasteiger partial charge in [0, 0.05) is 0 Å². The molecule has 4 N–H and O–H groups in total. The number of amidine groups is 1. The predicted molar refractivity (Wildman–Crippen MR) is 48.5 cm³/mol. The second kappa shape index (κ2) is 2.81. The highest BCUT2D eigenvalue weighted by Gasteiger charge is 2.29. The van der Waals surface area contributed by atoms with E-state index in [0.29, 0.717) is 18.1 Å². The summed E-state index contributed by atoms with van der Waals surface area (Å²) in [5, 5.41) is 5.35. The van der Waals surface area contributed by atoms with Gasteiger partial charge in [-0.15, -0.1) is 0 Å². The normalized spacial score (nSPS) is 32.3. The van der Waals surface area contributed by atoms with Crippen molar-refractivity contribution in [1.82, 2.24) is 10.6 Å². The average molecular weight is 181 g/mol. The van der Waals surface area contributed by atoms with Gasteiger partial charge in [-0.05, 0) is 6.92 Å². The van der Waals surface area contributed by atoms with E-state index in [1.165, 1.54) is 0 Å². The van der Waals surface area contributed by atoms with E-state index in [1.807, 2.05) is 6.92 Å². The Kier molecular flexibility index (Phi) is 1.77. The van der Waals surface area contributed by atoms with Crippen LogP contribution in [0, 0.1) is 0 Å². The first-order valence-corrected chi connectivity index (χ1v) is 4.12. The van der Waals surface area contributed by atoms with E-state index >= 15 is 0 Å². The number of nitrogens with two attached hydrogens (primary N) is 1. The Bertz CT molecular complexity index is 308. The summed E-state index contributed by atoms with van der Waals surface area (Å²) in [6.07, 6.45) is -0.557. The van der Waals surface area contributed by atoms with Crippen LogP contribution in [0.15, 0.2) is 9.98 Å². The molecule has 6 nitrogen and oxygen atoms in total. The summed E-state index contributed by atoms with van der Waals surface area (Å²) >= 11 is 0. The number of carbonyl (C=O) groups is 1. The van der Waals surface area contributed by atoms with Crippen molar-refractivity contribution in [3.8, 4) is 0 Å². The van der Waals surface area contributed by atoms with E-state index < -0.39 is 6.29 Å². The van der Waals surface area contributed by atoms with Gasteiger partial charge in [0.2, 0.25) is 0 Å². The van der Waals surface area contributed by atoms with Crippen LogP contribution in [0.2, 0.25) is 0 Å². The Hall–Kier alpha value is -1.43. The minimum atomic E-state index is -0.557. The smallest absolute Gasteiger partial charge is 0.275 e. The summed E-state index contributed by atoms with van der Waals surface area (Å²) in [6, 6.07) is 0.0700. The van der Waals surface area contributed by atoms with Crippen molar-refractivity contribution in [2.75, 3.05) is 6.54 Å². The third-order valence-corrected chi connectivity index (χ3v) is 1.88. The van der Waals surface area contributed by atoms with Crippen LogP contribution in [0.1, 0.15) is 6.92 Å². The van der Waals surface area contributed by atoms with Crippen LogP contribution < -0.4 is 16.4 Å². The molecule has 1 fully saturated rings. The Morgan fingerprint density at radius 1 is 1.54 bits per heavy atom. The number of amides is 1. The molecule has 70 valence electrons. The number of nitrogens with zero attached hydrogens (tertiary/aromatic N) is 2. The molecule has 0 aliphatic carbocycles. The van der Waals surface area contributed by atoms with Gasteiger partial charge in [0.25, 0.3) is 5.91 Å². The fourth-order valence-electron chi connectivity index (χ4n) is 1.29. The average Bonchev–Trinajstić information content (AvgIpc) is 2.06. The molecule has 0 bridgehead atoms. The summed E-state index contributed by atoms with van der Waals surface area (Å²) in [6.45, 7) is 2.51. The van der Waals surface area contributed by atoms with Gasteiger partial charge in [0.15, 0.2) is 17.8 Å². The maximum atomic E-state index is 11.3. The van der Waals surface area contributed by atoms with Crippen molar-refractivity contribution < 1.29 is 4.79 Å². The minimum Gasteiger partial charge on any atom is -0.336 e. The van der Waals surface area contributed by atoms with Crippen LogP contribution in [0.3, 0.4) is 0 Å².